The van der Waals surface area contributed by atoms with Crippen LogP contribution in [0.4, 0.5) is 5.69 Å². The molecule has 1 heterocycles. The van der Waals surface area contributed by atoms with E-state index in [2.05, 4.69) is 15.6 Å². The number of guanidine groups is 1. The zero-order chi connectivity index (χ0) is 22.2. The summed E-state index contributed by atoms with van der Waals surface area (Å²) in [5.41, 5.74) is 3.03. The van der Waals surface area contributed by atoms with Crippen LogP contribution in [-0.2, 0) is 17.9 Å². The lowest BCUT2D eigenvalue weighted by Gasteiger charge is -2.17. The zero-order valence-corrected chi connectivity index (χ0v) is 18.5. The maximum absolute atomic E-state index is 11.9. The molecule has 0 aliphatic carbocycles. The highest BCUT2D eigenvalue weighted by Crippen LogP contribution is 2.38. The van der Waals surface area contributed by atoms with Crippen molar-refractivity contribution in [3.05, 3.63) is 47.5 Å². The van der Waals surface area contributed by atoms with E-state index in [1.807, 2.05) is 41.3 Å². The average Bonchev–Trinajstić information content (AvgIpc) is 3.24. The summed E-state index contributed by atoms with van der Waals surface area (Å²) in [4.78, 5) is 18.0. The van der Waals surface area contributed by atoms with Gasteiger partial charge in [-0.15, -0.1) is 0 Å². The predicted octanol–water partition coefficient (Wildman–Crippen LogP) is 2.70. The molecule has 1 aliphatic heterocycles. The Kier molecular flexibility index (Phi) is 7.59. The molecule has 0 bridgehead atoms. The van der Waals surface area contributed by atoms with Crippen molar-refractivity contribution in [2.75, 3.05) is 39.8 Å². The fourth-order valence-electron chi connectivity index (χ4n) is 3.54. The highest BCUT2D eigenvalue weighted by molar-refractivity contribution is 5.95. The number of hydrogen-bond donors (Lipinski definition) is 2. The van der Waals surface area contributed by atoms with Gasteiger partial charge in [-0.1, -0.05) is 12.1 Å². The van der Waals surface area contributed by atoms with Crippen molar-refractivity contribution >= 4 is 17.6 Å². The first kappa shape index (κ1) is 22.3. The summed E-state index contributed by atoms with van der Waals surface area (Å²) in [5, 5.41) is 6.60. The van der Waals surface area contributed by atoms with Gasteiger partial charge in [0.15, 0.2) is 17.5 Å². The van der Waals surface area contributed by atoms with E-state index in [1.54, 1.807) is 28.4 Å². The van der Waals surface area contributed by atoms with Crippen molar-refractivity contribution in [1.29, 1.82) is 0 Å². The third-order valence-corrected chi connectivity index (χ3v) is 5.19. The van der Waals surface area contributed by atoms with Gasteiger partial charge in [0.05, 0.1) is 21.3 Å². The number of methoxy groups -OCH3 is 3. The van der Waals surface area contributed by atoms with Crippen LogP contribution in [0, 0.1) is 0 Å². The molecule has 0 saturated carbocycles. The van der Waals surface area contributed by atoms with E-state index in [0.717, 1.165) is 29.8 Å². The van der Waals surface area contributed by atoms with Crippen LogP contribution in [0.1, 0.15) is 24.0 Å². The highest BCUT2D eigenvalue weighted by Gasteiger charge is 2.21. The van der Waals surface area contributed by atoms with Crippen molar-refractivity contribution in [3.63, 3.8) is 0 Å². The summed E-state index contributed by atoms with van der Waals surface area (Å²) >= 11 is 0. The molecule has 0 atom stereocenters. The molecule has 8 nitrogen and oxygen atoms in total. The van der Waals surface area contributed by atoms with E-state index >= 15 is 0 Å². The zero-order valence-electron chi connectivity index (χ0n) is 18.5. The molecule has 1 saturated heterocycles. The second-order valence-corrected chi connectivity index (χ2v) is 7.13. The summed E-state index contributed by atoms with van der Waals surface area (Å²) < 4.78 is 16.2. The molecular weight excluding hydrogens is 396 g/mol. The fourth-order valence-corrected chi connectivity index (χ4v) is 3.54. The summed E-state index contributed by atoms with van der Waals surface area (Å²) in [6, 6.07) is 11.8. The number of benzene rings is 2. The van der Waals surface area contributed by atoms with E-state index in [9.17, 15) is 4.79 Å². The van der Waals surface area contributed by atoms with Gasteiger partial charge in [-0.3, -0.25) is 9.79 Å². The van der Waals surface area contributed by atoms with Gasteiger partial charge in [0, 0.05) is 38.8 Å². The number of rotatable bonds is 8. The largest absolute Gasteiger partial charge is 0.493 e. The van der Waals surface area contributed by atoms with Crippen LogP contribution < -0.4 is 29.7 Å². The molecule has 1 amide bonds. The third-order valence-electron chi connectivity index (χ3n) is 5.19. The number of nitrogens with zero attached hydrogens (tertiary/aromatic N) is 2. The predicted molar refractivity (Wildman–Crippen MR) is 121 cm³/mol. The molecular formula is C23H30N4O4. The van der Waals surface area contributed by atoms with Crippen molar-refractivity contribution in [2.24, 2.45) is 4.99 Å². The number of amides is 1. The molecule has 0 aromatic heterocycles. The van der Waals surface area contributed by atoms with Crippen molar-refractivity contribution in [1.82, 2.24) is 10.6 Å². The SMILES string of the molecule is CN=C(NCc1ccc(N2CCCC2=O)cc1)NCc1cc(OC)c(OC)c(OC)c1. The number of ether oxygens (including phenoxy) is 3. The van der Waals surface area contributed by atoms with Crippen molar-refractivity contribution in [3.8, 4) is 17.2 Å². The van der Waals surface area contributed by atoms with Gasteiger partial charge < -0.3 is 29.7 Å². The van der Waals surface area contributed by atoms with E-state index in [0.29, 0.717) is 42.7 Å². The molecule has 2 N–H and O–H groups in total. The first-order valence-corrected chi connectivity index (χ1v) is 10.2. The first-order valence-electron chi connectivity index (χ1n) is 10.2. The fraction of sp³-hybridized carbons (Fsp3) is 0.391. The van der Waals surface area contributed by atoms with Gasteiger partial charge in [-0.05, 0) is 41.8 Å². The molecule has 0 spiro atoms. The molecule has 8 heteroatoms. The van der Waals surface area contributed by atoms with E-state index in [-0.39, 0.29) is 5.91 Å². The summed E-state index contributed by atoms with van der Waals surface area (Å²) in [5.74, 6) is 2.65. The van der Waals surface area contributed by atoms with Gasteiger partial charge in [0.1, 0.15) is 0 Å². The first-order chi connectivity index (χ1) is 15.1. The highest BCUT2D eigenvalue weighted by atomic mass is 16.5. The van der Waals surface area contributed by atoms with Crippen LogP contribution in [0.25, 0.3) is 0 Å². The molecule has 1 fully saturated rings. The van der Waals surface area contributed by atoms with Gasteiger partial charge >= 0.3 is 0 Å². The monoisotopic (exact) mass is 426 g/mol. The Morgan fingerprint density at radius 3 is 2.06 bits per heavy atom. The van der Waals surface area contributed by atoms with Crippen molar-refractivity contribution < 1.29 is 19.0 Å². The molecule has 3 rings (SSSR count). The van der Waals surface area contributed by atoms with Crippen LogP contribution in [0.2, 0.25) is 0 Å². The van der Waals surface area contributed by atoms with Gasteiger partial charge in [0.2, 0.25) is 11.7 Å². The van der Waals surface area contributed by atoms with E-state index in [4.69, 9.17) is 14.2 Å². The number of anilines is 1. The van der Waals surface area contributed by atoms with Crippen LogP contribution in [0.3, 0.4) is 0 Å². The minimum atomic E-state index is 0.197. The molecule has 0 radical (unpaired) electrons. The minimum absolute atomic E-state index is 0.197. The second-order valence-electron chi connectivity index (χ2n) is 7.13. The number of aliphatic imine (C=N–C) groups is 1. The number of carbonyl (C=O) groups excluding carboxylic acids is 1. The van der Waals surface area contributed by atoms with Crippen LogP contribution in [-0.4, -0.2) is 46.8 Å². The Hall–Kier alpha value is -3.42. The maximum Gasteiger partial charge on any atom is 0.227 e. The third kappa shape index (κ3) is 5.39. The van der Waals surface area contributed by atoms with Crippen LogP contribution >= 0.6 is 0 Å². The number of nitrogens with one attached hydrogen (secondary N) is 2. The lowest BCUT2D eigenvalue weighted by Crippen LogP contribution is -2.36. The minimum Gasteiger partial charge on any atom is -0.493 e. The number of hydrogen-bond acceptors (Lipinski definition) is 5. The van der Waals surface area contributed by atoms with E-state index < -0.39 is 0 Å². The summed E-state index contributed by atoms with van der Waals surface area (Å²) in [6.07, 6.45) is 1.56. The Labute approximate surface area is 183 Å². The smallest absolute Gasteiger partial charge is 0.227 e. The molecule has 166 valence electrons. The molecule has 1 aliphatic rings. The standard InChI is InChI=1S/C23H30N4O4/c1-24-23(26-15-17-12-19(29-2)22(31-4)20(13-17)30-3)25-14-16-7-9-18(10-8-16)27-11-5-6-21(27)28/h7-10,12-13H,5-6,11,14-15H2,1-4H3,(H2,24,25,26). The Morgan fingerprint density at radius 1 is 0.968 bits per heavy atom. The molecule has 2 aromatic carbocycles. The topological polar surface area (TPSA) is 84.4 Å². The van der Waals surface area contributed by atoms with Crippen molar-refractivity contribution in [2.45, 2.75) is 25.9 Å². The van der Waals surface area contributed by atoms with Crippen LogP contribution in [0.5, 0.6) is 17.2 Å². The Morgan fingerprint density at radius 2 is 1.58 bits per heavy atom. The molecule has 0 unspecified atom stereocenters. The van der Waals surface area contributed by atoms with Gasteiger partial charge in [-0.2, -0.15) is 0 Å². The Balaban J connectivity index is 1.57. The number of carbonyl (C=O) groups is 1. The Bertz CT molecular complexity index is 903. The summed E-state index contributed by atoms with van der Waals surface area (Å²) in [7, 11) is 6.51. The van der Waals surface area contributed by atoms with Crippen LogP contribution in [0.15, 0.2) is 41.4 Å². The normalized spacial score (nSPS) is 13.9. The maximum atomic E-state index is 11.9. The lowest BCUT2D eigenvalue weighted by atomic mass is 10.1. The van der Waals surface area contributed by atoms with Gasteiger partial charge in [-0.25, -0.2) is 0 Å². The second kappa shape index (κ2) is 10.6. The van der Waals surface area contributed by atoms with Gasteiger partial charge in [0.25, 0.3) is 0 Å². The average molecular weight is 427 g/mol. The lowest BCUT2D eigenvalue weighted by molar-refractivity contribution is -0.117. The molecule has 2 aromatic rings. The molecule has 31 heavy (non-hydrogen) atoms. The van der Waals surface area contributed by atoms with E-state index in [1.165, 1.54) is 0 Å². The quantitative estimate of drug-likeness (QED) is 0.499. The summed E-state index contributed by atoms with van der Waals surface area (Å²) in [6.45, 7) is 1.95.